The molecule has 0 spiro atoms. The fourth-order valence-electron chi connectivity index (χ4n) is 2.12. The lowest BCUT2D eigenvalue weighted by Gasteiger charge is -2.18. The summed E-state index contributed by atoms with van der Waals surface area (Å²) >= 11 is 0. The third-order valence-corrected chi connectivity index (χ3v) is 3.49. The van der Waals surface area contributed by atoms with Crippen LogP contribution >= 0.6 is 0 Å². The monoisotopic (exact) mass is 347 g/mol. The minimum Gasteiger partial charge on any atom is -0.493 e. The zero-order valence-electron chi connectivity index (χ0n) is 15.4. The fraction of sp³-hybridized carbons (Fsp3) is 0.500. The summed E-state index contributed by atoms with van der Waals surface area (Å²) in [6, 6.07) is 5.39. The molecule has 25 heavy (non-hydrogen) atoms. The van der Waals surface area contributed by atoms with E-state index in [0.717, 1.165) is 5.56 Å². The van der Waals surface area contributed by atoms with Gasteiger partial charge in [-0.15, -0.1) is 0 Å². The van der Waals surface area contributed by atoms with Crippen LogP contribution in [0.4, 0.5) is 0 Å². The molecule has 0 aliphatic heterocycles. The van der Waals surface area contributed by atoms with Gasteiger partial charge in [0.15, 0.2) is 11.5 Å². The van der Waals surface area contributed by atoms with Crippen molar-refractivity contribution in [2.45, 2.75) is 33.6 Å². The van der Waals surface area contributed by atoms with Gasteiger partial charge in [0.1, 0.15) is 0 Å². The lowest BCUT2D eigenvalue weighted by Crippen LogP contribution is -2.32. The summed E-state index contributed by atoms with van der Waals surface area (Å²) < 4.78 is 15.7. The molecule has 1 N–H and O–H groups in total. The number of ether oxygens (including phenoxy) is 2. The number of carbonyl (C=O) groups excluding carboxylic acids is 1. The molecule has 0 aliphatic carbocycles. The fourth-order valence-corrected chi connectivity index (χ4v) is 2.12. The van der Waals surface area contributed by atoms with Crippen molar-refractivity contribution in [2.24, 2.45) is 5.41 Å². The predicted molar refractivity (Wildman–Crippen MR) is 93.6 cm³/mol. The van der Waals surface area contributed by atoms with E-state index in [0.29, 0.717) is 42.6 Å². The first-order chi connectivity index (χ1) is 11.8. The van der Waals surface area contributed by atoms with Gasteiger partial charge in [0.05, 0.1) is 14.2 Å². The highest BCUT2D eigenvalue weighted by molar-refractivity contribution is 5.76. The normalized spacial score (nSPS) is 11.2. The quantitative estimate of drug-likeness (QED) is 0.829. The maximum atomic E-state index is 11.9. The molecule has 1 amide bonds. The van der Waals surface area contributed by atoms with E-state index in [1.54, 1.807) is 26.4 Å². The smallest absolute Gasteiger partial charge is 0.227 e. The van der Waals surface area contributed by atoms with E-state index in [9.17, 15) is 4.79 Å². The highest BCUT2D eigenvalue weighted by Crippen LogP contribution is 2.31. The van der Waals surface area contributed by atoms with E-state index in [-0.39, 0.29) is 11.3 Å². The molecule has 0 bridgehead atoms. The van der Waals surface area contributed by atoms with Crippen molar-refractivity contribution < 1.29 is 18.8 Å². The first-order valence-corrected chi connectivity index (χ1v) is 8.14. The van der Waals surface area contributed by atoms with E-state index < -0.39 is 0 Å². The number of methoxy groups -OCH3 is 2. The number of aryl methyl sites for hydroxylation is 1. The van der Waals surface area contributed by atoms with Crippen molar-refractivity contribution in [2.75, 3.05) is 20.8 Å². The Balaban J connectivity index is 1.97. The molecule has 0 atom stereocenters. The van der Waals surface area contributed by atoms with Crippen molar-refractivity contribution in [1.29, 1.82) is 0 Å². The van der Waals surface area contributed by atoms with Gasteiger partial charge in [-0.3, -0.25) is 4.79 Å². The number of hydrogen-bond acceptors (Lipinski definition) is 6. The van der Waals surface area contributed by atoms with Crippen LogP contribution in [-0.4, -0.2) is 36.8 Å². The first kappa shape index (κ1) is 18.8. The molecule has 0 fully saturated rings. The largest absolute Gasteiger partial charge is 0.493 e. The van der Waals surface area contributed by atoms with Crippen LogP contribution in [0.2, 0.25) is 0 Å². The lowest BCUT2D eigenvalue weighted by atomic mass is 9.97. The minimum absolute atomic E-state index is 0.0270. The second-order valence-electron chi connectivity index (χ2n) is 6.92. The summed E-state index contributed by atoms with van der Waals surface area (Å²) in [6.07, 6.45) is 0.708. The Morgan fingerprint density at radius 2 is 1.92 bits per heavy atom. The van der Waals surface area contributed by atoms with E-state index in [1.165, 1.54) is 0 Å². The molecule has 0 saturated heterocycles. The van der Waals surface area contributed by atoms with Crippen LogP contribution in [0.3, 0.4) is 0 Å². The van der Waals surface area contributed by atoms with Crippen LogP contribution in [0.1, 0.15) is 33.1 Å². The molecule has 7 heteroatoms. The summed E-state index contributed by atoms with van der Waals surface area (Å²) in [6.45, 7) is 6.84. The molecule has 1 aromatic carbocycles. The molecule has 0 radical (unpaired) electrons. The van der Waals surface area contributed by atoms with Gasteiger partial charge in [0.25, 0.3) is 0 Å². The summed E-state index contributed by atoms with van der Waals surface area (Å²) in [7, 11) is 3.15. The molecule has 2 rings (SSSR count). The summed E-state index contributed by atoms with van der Waals surface area (Å²) in [5.74, 6) is 2.07. The van der Waals surface area contributed by atoms with Crippen molar-refractivity contribution >= 4 is 5.91 Å². The van der Waals surface area contributed by atoms with Gasteiger partial charge in [-0.25, -0.2) is 0 Å². The molecule has 0 aliphatic rings. The lowest BCUT2D eigenvalue weighted by molar-refractivity contribution is -0.121. The third kappa shape index (κ3) is 5.48. The number of nitrogens with zero attached hydrogens (tertiary/aromatic N) is 2. The number of nitrogens with one attached hydrogen (secondary N) is 1. The number of amides is 1. The highest BCUT2D eigenvalue weighted by Gasteiger charge is 2.15. The second-order valence-corrected chi connectivity index (χ2v) is 6.92. The molecule has 1 aromatic heterocycles. The Kier molecular flexibility index (Phi) is 6.01. The predicted octanol–water partition coefficient (Wildman–Crippen LogP) is 2.85. The van der Waals surface area contributed by atoms with Crippen molar-refractivity contribution in [3.8, 4) is 22.9 Å². The maximum Gasteiger partial charge on any atom is 0.227 e. The summed E-state index contributed by atoms with van der Waals surface area (Å²) in [5, 5.41) is 6.87. The van der Waals surface area contributed by atoms with Gasteiger partial charge >= 0.3 is 0 Å². The molecule has 0 saturated carbocycles. The van der Waals surface area contributed by atoms with Crippen LogP contribution in [0.25, 0.3) is 11.4 Å². The standard InChI is InChI=1S/C18H25N3O4/c1-18(2,3)11-19-15(22)8-9-16-20-17(21-25-16)12-6-7-13(23-4)14(10-12)24-5/h6-7,10H,8-9,11H2,1-5H3,(H,19,22). The first-order valence-electron chi connectivity index (χ1n) is 8.14. The van der Waals surface area contributed by atoms with Gasteiger partial charge in [-0.05, 0) is 23.6 Å². The third-order valence-electron chi connectivity index (χ3n) is 3.49. The zero-order valence-corrected chi connectivity index (χ0v) is 15.4. The van der Waals surface area contributed by atoms with Gasteiger partial charge in [0.2, 0.25) is 17.6 Å². The van der Waals surface area contributed by atoms with E-state index in [1.807, 2.05) is 6.07 Å². The second kappa shape index (κ2) is 8.00. The number of carbonyl (C=O) groups is 1. The highest BCUT2D eigenvalue weighted by atomic mass is 16.5. The summed E-state index contributed by atoms with van der Waals surface area (Å²) in [5.41, 5.74) is 0.811. The molecular formula is C18H25N3O4. The summed E-state index contributed by atoms with van der Waals surface area (Å²) in [4.78, 5) is 16.2. The van der Waals surface area contributed by atoms with Crippen molar-refractivity contribution in [3.05, 3.63) is 24.1 Å². The van der Waals surface area contributed by atoms with E-state index in [2.05, 4.69) is 36.2 Å². The SMILES string of the molecule is COc1ccc(-c2noc(CCC(=O)NCC(C)(C)C)n2)cc1OC. The Hall–Kier alpha value is -2.57. The Morgan fingerprint density at radius 1 is 1.20 bits per heavy atom. The average Bonchev–Trinajstić information content (AvgIpc) is 3.05. The van der Waals surface area contributed by atoms with Gasteiger partial charge in [-0.2, -0.15) is 4.98 Å². The Labute approximate surface area is 147 Å². The van der Waals surface area contributed by atoms with E-state index in [4.69, 9.17) is 14.0 Å². The Morgan fingerprint density at radius 3 is 2.56 bits per heavy atom. The maximum absolute atomic E-state index is 11.9. The molecule has 7 nitrogen and oxygen atoms in total. The molecular weight excluding hydrogens is 322 g/mol. The average molecular weight is 347 g/mol. The van der Waals surface area contributed by atoms with Crippen LogP contribution in [0, 0.1) is 5.41 Å². The minimum atomic E-state index is -0.0270. The molecule has 2 aromatic rings. The van der Waals surface area contributed by atoms with E-state index >= 15 is 0 Å². The number of hydrogen-bond donors (Lipinski definition) is 1. The molecule has 0 unspecified atom stereocenters. The number of aromatic nitrogens is 2. The van der Waals surface area contributed by atoms with Crippen LogP contribution in [-0.2, 0) is 11.2 Å². The Bertz CT molecular complexity index is 719. The van der Waals surface area contributed by atoms with Gasteiger partial charge in [0, 0.05) is 24.9 Å². The molecule has 1 heterocycles. The zero-order chi connectivity index (χ0) is 18.4. The van der Waals surface area contributed by atoms with Crippen LogP contribution in [0.15, 0.2) is 22.7 Å². The van der Waals surface area contributed by atoms with Crippen molar-refractivity contribution in [3.63, 3.8) is 0 Å². The van der Waals surface area contributed by atoms with Crippen molar-refractivity contribution in [1.82, 2.24) is 15.5 Å². The van der Waals surface area contributed by atoms with Gasteiger partial charge in [-0.1, -0.05) is 25.9 Å². The number of benzene rings is 1. The van der Waals surface area contributed by atoms with Crippen LogP contribution in [0.5, 0.6) is 11.5 Å². The topological polar surface area (TPSA) is 86.5 Å². The van der Waals surface area contributed by atoms with Gasteiger partial charge < -0.3 is 19.3 Å². The molecule has 136 valence electrons. The number of rotatable bonds is 7. The van der Waals surface area contributed by atoms with Crippen LogP contribution < -0.4 is 14.8 Å².